The van der Waals surface area contributed by atoms with E-state index in [9.17, 15) is 4.79 Å². The van der Waals surface area contributed by atoms with Gasteiger partial charge in [-0.1, -0.05) is 66.2 Å². The normalized spacial score (nSPS) is 11.6. The molecule has 0 aromatic carbocycles. The standard InChI is InChI=1S/C17H34O3/c1-5-6-7-8-9-12-15-19-20-16(18)13-10-11-14-17(2,3)4/h5-15H2,1-4H3. The van der Waals surface area contributed by atoms with Gasteiger partial charge in [0.1, 0.15) is 0 Å². The largest absolute Gasteiger partial charge is 0.342 e. The zero-order valence-corrected chi connectivity index (χ0v) is 14.0. The quantitative estimate of drug-likeness (QED) is 0.273. The Morgan fingerprint density at radius 2 is 1.55 bits per heavy atom. The average Bonchev–Trinajstić information content (AvgIpc) is 2.37. The molecule has 3 heteroatoms. The van der Waals surface area contributed by atoms with Gasteiger partial charge < -0.3 is 0 Å². The number of carbonyl (C=O) groups is 1. The molecular formula is C17H34O3. The summed E-state index contributed by atoms with van der Waals surface area (Å²) in [7, 11) is 0. The molecule has 3 nitrogen and oxygen atoms in total. The maximum atomic E-state index is 11.4. The topological polar surface area (TPSA) is 35.5 Å². The van der Waals surface area contributed by atoms with Gasteiger partial charge in [0.05, 0.1) is 6.61 Å². The maximum absolute atomic E-state index is 11.4. The van der Waals surface area contributed by atoms with Gasteiger partial charge in [0.2, 0.25) is 0 Å². The molecule has 0 atom stereocenters. The minimum atomic E-state index is -0.232. The minimum Gasteiger partial charge on any atom is -0.298 e. The van der Waals surface area contributed by atoms with Gasteiger partial charge in [-0.25, -0.2) is 4.79 Å². The molecule has 0 radical (unpaired) electrons. The van der Waals surface area contributed by atoms with Gasteiger partial charge in [-0.05, 0) is 24.7 Å². The van der Waals surface area contributed by atoms with Crippen molar-refractivity contribution in [2.45, 2.75) is 91.9 Å². The summed E-state index contributed by atoms with van der Waals surface area (Å²) in [5.74, 6) is -0.232. The lowest BCUT2D eigenvalue weighted by atomic mass is 9.89. The minimum absolute atomic E-state index is 0.232. The van der Waals surface area contributed by atoms with E-state index in [1.54, 1.807) is 0 Å². The Labute approximate surface area is 125 Å². The smallest absolute Gasteiger partial charge is 0.298 e. The number of hydrogen-bond acceptors (Lipinski definition) is 3. The van der Waals surface area contributed by atoms with E-state index < -0.39 is 0 Å². The third-order valence-electron chi connectivity index (χ3n) is 3.29. The highest BCUT2D eigenvalue weighted by atomic mass is 17.2. The second-order valence-corrected chi connectivity index (χ2v) is 6.81. The van der Waals surface area contributed by atoms with E-state index in [4.69, 9.17) is 9.78 Å². The third-order valence-corrected chi connectivity index (χ3v) is 3.29. The number of carbonyl (C=O) groups excluding carboxylic acids is 1. The molecule has 0 rings (SSSR count). The van der Waals surface area contributed by atoms with Gasteiger partial charge in [-0.3, -0.25) is 4.89 Å². The van der Waals surface area contributed by atoms with Crippen LogP contribution in [0.5, 0.6) is 0 Å². The van der Waals surface area contributed by atoms with Crippen molar-refractivity contribution in [3.63, 3.8) is 0 Å². The molecule has 0 saturated carbocycles. The highest BCUT2D eigenvalue weighted by Gasteiger charge is 2.10. The molecule has 0 aliphatic rings. The summed E-state index contributed by atoms with van der Waals surface area (Å²) >= 11 is 0. The lowest BCUT2D eigenvalue weighted by Gasteiger charge is -2.17. The van der Waals surface area contributed by atoms with Gasteiger partial charge in [0.25, 0.3) is 0 Å². The van der Waals surface area contributed by atoms with Gasteiger partial charge in [0, 0.05) is 6.42 Å². The maximum Gasteiger partial charge on any atom is 0.342 e. The molecule has 0 amide bonds. The lowest BCUT2D eigenvalue weighted by Crippen LogP contribution is -2.08. The molecular weight excluding hydrogens is 252 g/mol. The summed E-state index contributed by atoms with van der Waals surface area (Å²) in [6.07, 6.45) is 10.8. The van der Waals surface area contributed by atoms with E-state index in [2.05, 4.69) is 27.7 Å². The van der Waals surface area contributed by atoms with Crippen molar-refractivity contribution in [1.82, 2.24) is 0 Å². The summed E-state index contributed by atoms with van der Waals surface area (Å²) in [4.78, 5) is 21.1. The molecule has 0 aromatic rings. The zero-order chi connectivity index (χ0) is 15.3. The third kappa shape index (κ3) is 15.5. The Hall–Kier alpha value is -0.570. The number of rotatable bonds is 12. The first-order chi connectivity index (χ1) is 9.45. The SMILES string of the molecule is CCCCCCCCOOC(=O)CCCCC(C)(C)C. The molecule has 0 fully saturated rings. The highest BCUT2D eigenvalue weighted by Crippen LogP contribution is 2.22. The molecule has 0 unspecified atom stereocenters. The summed E-state index contributed by atoms with van der Waals surface area (Å²) < 4.78 is 0. The zero-order valence-electron chi connectivity index (χ0n) is 14.0. The summed E-state index contributed by atoms with van der Waals surface area (Å²) in [6, 6.07) is 0. The second-order valence-electron chi connectivity index (χ2n) is 6.81. The first-order valence-corrected chi connectivity index (χ1v) is 8.28. The fourth-order valence-corrected chi connectivity index (χ4v) is 2.02. The molecule has 0 saturated heterocycles. The Morgan fingerprint density at radius 3 is 2.20 bits per heavy atom. The van der Waals surface area contributed by atoms with E-state index in [-0.39, 0.29) is 5.97 Å². The van der Waals surface area contributed by atoms with Crippen molar-refractivity contribution < 1.29 is 14.6 Å². The first-order valence-electron chi connectivity index (χ1n) is 8.28. The Balaban J connectivity index is 3.25. The van der Waals surface area contributed by atoms with Crippen molar-refractivity contribution in [2.24, 2.45) is 5.41 Å². The van der Waals surface area contributed by atoms with Crippen LogP contribution in [0.25, 0.3) is 0 Å². The highest BCUT2D eigenvalue weighted by molar-refractivity contribution is 5.68. The fraction of sp³-hybridized carbons (Fsp3) is 0.941. The van der Waals surface area contributed by atoms with Gasteiger partial charge in [0.15, 0.2) is 0 Å². The first kappa shape index (κ1) is 19.4. The van der Waals surface area contributed by atoms with Crippen LogP contribution in [0.2, 0.25) is 0 Å². The van der Waals surface area contributed by atoms with Gasteiger partial charge in [-0.15, -0.1) is 0 Å². The average molecular weight is 286 g/mol. The van der Waals surface area contributed by atoms with E-state index in [0.717, 1.165) is 32.1 Å². The molecule has 120 valence electrons. The molecule has 0 heterocycles. The van der Waals surface area contributed by atoms with Crippen LogP contribution >= 0.6 is 0 Å². The van der Waals surface area contributed by atoms with Crippen LogP contribution in [0.15, 0.2) is 0 Å². The van der Waals surface area contributed by atoms with Crippen LogP contribution < -0.4 is 0 Å². The Kier molecular flexibility index (Phi) is 11.8. The van der Waals surface area contributed by atoms with Crippen molar-refractivity contribution in [3.8, 4) is 0 Å². The van der Waals surface area contributed by atoms with Crippen LogP contribution in [0.3, 0.4) is 0 Å². The number of unbranched alkanes of at least 4 members (excludes halogenated alkanes) is 6. The van der Waals surface area contributed by atoms with E-state index >= 15 is 0 Å². The van der Waals surface area contributed by atoms with Gasteiger partial charge in [-0.2, -0.15) is 4.89 Å². The molecule has 0 N–H and O–H groups in total. The summed E-state index contributed by atoms with van der Waals surface area (Å²) in [5.41, 5.74) is 0.345. The predicted octanol–water partition coefficient (Wildman–Crippen LogP) is 5.43. The lowest BCUT2D eigenvalue weighted by molar-refractivity contribution is -0.272. The van der Waals surface area contributed by atoms with Crippen molar-refractivity contribution in [2.75, 3.05) is 6.61 Å². The van der Waals surface area contributed by atoms with Crippen LogP contribution in [-0.2, 0) is 14.6 Å². The van der Waals surface area contributed by atoms with Crippen LogP contribution in [0.1, 0.15) is 91.9 Å². The van der Waals surface area contributed by atoms with Crippen molar-refractivity contribution in [3.05, 3.63) is 0 Å². The van der Waals surface area contributed by atoms with E-state index in [0.29, 0.717) is 18.4 Å². The fourth-order valence-electron chi connectivity index (χ4n) is 2.02. The van der Waals surface area contributed by atoms with Crippen LogP contribution in [0.4, 0.5) is 0 Å². The molecule has 20 heavy (non-hydrogen) atoms. The summed E-state index contributed by atoms with van der Waals surface area (Å²) in [5, 5.41) is 0. The molecule has 0 spiro atoms. The van der Waals surface area contributed by atoms with Crippen LogP contribution in [-0.4, -0.2) is 12.6 Å². The molecule has 0 aromatic heterocycles. The predicted molar refractivity (Wildman–Crippen MR) is 83.3 cm³/mol. The monoisotopic (exact) mass is 286 g/mol. The molecule has 0 bridgehead atoms. The Bertz CT molecular complexity index is 231. The van der Waals surface area contributed by atoms with E-state index in [1.807, 2.05) is 0 Å². The molecule has 0 aliphatic heterocycles. The van der Waals surface area contributed by atoms with Crippen molar-refractivity contribution >= 4 is 5.97 Å². The van der Waals surface area contributed by atoms with Crippen LogP contribution in [0, 0.1) is 5.41 Å². The molecule has 0 aliphatic carbocycles. The summed E-state index contributed by atoms with van der Waals surface area (Å²) in [6.45, 7) is 9.39. The van der Waals surface area contributed by atoms with Crippen molar-refractivity contribution in [1.29, 1.82) is 0 Å². The number of hydrogen-bond donors (Lipinski definition) is 0. The van der Waals surface area contributed by atoms with Gasteiger partial charge >= 0.3 is 5.97 Å². The van der Waals surface area contributed by atoms with E-state index in [1.165, 1.54) is 25.7 Å². The second kappa shape index (κ2) is 12.2. The Morgan fingerprint density at radius 1 is 0.900 bits per heavy atom.